The molecule has 39 heavy (non-hydrogen) atoms. The van der Waals surface area contributed by atoms with Crippen molar-refractivity contribution < 1.29 is 9.53 Å². The fraction of sp³-hybridized carbons (Fsp3) is 0.323. The number of ether oxygens (including phenoxy) is 1. The predicted octanol–water partition coefficient (Wildman–Crippen LogP) is 6.37. The van der Waals surface area contributed by atoms with E-state index >= 15 is 0 Å². The smallest absolute Gasteiger partial charge is 0.320 e. The number of anilines is 2. The largest absolute Gasteiger partial charge is 0.384 e. The predicted molar refractivity (Wildman–Crippen MR) is 154 cm³/mol. The lowest BCUT2D eigenvalue weighted by atomic mass is 9.85. The summed E-state index contributed by atoms with van der Waals surface area (Å²) in [6.07, 6.45) is 3.18. The summed E-state index contributed by atoms with van der Waals surface area (Å²) in [5.74, 6) is 1.11. The lowest BCUT2D eigenvalue weighted by molar-refractivity contribution is 0.0249. The first-order chi connectivity index (χ1) is 18.7. The van der Waals surface area contributed by atoms with Gasteiger partial charge in [0.05, 0.1) is 30.1 Å². The van der Waals surface area contributed by atoms with E-state index in [9.17, 15) is 4.79 Å². The minimum atomic E-state index is -0.268. The third kappa shape index (κ3) is 6.12. The number of urea groups is 1. The molecular weight excluding hydrogens is 488 g/mol. The van der Waals surface area contributed by atoms with Crippen LogP contribution in [0.3, 0.4) is 0 Å². The average Bonchev–Trinajstić information content (AvgIpc) is 3.33. The van der Waals surface area contributed by atoms with Crippen LogP contribution in [0.1, 0.15) is 73.7 Å². The van der Waals surface area contributed by atoms with E-state index in [-0.39, 0.29) is 23.6 Å². The maximum atomic E-state index is 13.3. The highest BCUT2D eigenvalue weighted by atomic mass is 16.5. The molecule has 0 saturated carbocycles. The molecule has 4 aromatic rings. The molecule has 0 saturated heterocycles. The summed E-state index contributed by atoms with van der Waals surface area (Å²) in [7, 11) is 0. The number of amides is 2. The molecular formula is C31H36N6O2. The summed E-state index contributed by atoms with van der Waals surface area (Å²) < 4.78 is 8.08. The Morgan fingerprint density at radius 1 is 1.05 bits per heavy atom. The summed E-state index contributed by atoms with van der Waals surface area (Å²) in [5, 5.41) is 11.1. The van der Waals surface area contributed by atoms with Crippen LogP contribution in [0.5, 0.6) is 0 Å². The highest BCUT2D eigenvalue weighted by Gasteiger charge is 2.29. The van der Waals surface area contributed by atoms with Crippen molar-refractivity contribution in [3.8, 4) is 5.69 Å². The summed E-state index contributed by atoms with van der Waals surface area (Å²) in [6, 6.07) is 21.5. The van der Waals surface area contributed by atoms with E-state index < -0.39 is 0 Å². The molecule has 1 aliphatic carbocycles. The van der Waals surface area contributed by atoms with Gasteiger partial charge in [0, 0.05) is 17.7 Å². The van der Waals surface area contributed by atoms with E-state index in [0.717, 1.165) is 46.5 Å². The Hall–Kier alpha value is -4.17. The Balaban J connectivity index is 1.32. The van der Waals surface area contributed by atoms with Crippen molar-refractivity contribution in [3.05, 3.63) is 101 Å². The molecule has 4 N–H and O–H groups in total. The number of nitrogens with zero attached hydrogens (tertiary/aromatic N) is 3. The number of nitrogen functional groups attached to an aromatic ring is 1. The van der Waals surface area contributed by atoms with E-state index in [1.807, 2.05) is 61.5 Å². The van der Waals surface area contributed by atoms with Crippen LogP contribution in [0.4, 0.5) is 16.4 Å². The minimum Gasteiger partial charge on any atom is -0.384 e. The van der Waals surface area contributed by atoms with E-state index in [0.29, 0.717) is 18.2 Å². The van der Waals surface area contributed by atoms with Crippen molar-refractivity contribution in [1.82, 2.24) is 20.1 Å². The number of hydrogen-bond donors (Lipinski definition) is 3. The second-order valence-electron chi connectivity index (χ2n) is 11.2. The topological polar surface area (TPSA) is 107 Å². The fourth-order valence-corrected chi connectivity index (χ4v) is 4.88. The summed E-state index contributed by atoms with van der Waals surface area (Å²) in [5.41, 5.74) is 11.8. The molecule has 0 aliphatic heterocycles. The number of aromatic nitrogens is 3. The maximum absolute atomic E-state index is 13.3. The summed E-state index contributed by atoms with van der Waals surface area (Å²) in [4.78, 5) is 17.3. The number of benzene rings is 2. The number of fused-ring (bicyclic) bond motifs is 1. The normalized spacial score (nSPS) is 16.9. The van der Waals surface area contributed by atoms with Crippen LogP contribution in [0, 0.1) is 6.92 Å². The van der Waals surface area contributed by atoms with Crippen LogP contribution in [-0.2, 0) is 16.8 Å². The van der Waals surface area contributed by atoms with E-state index in [1.54, 1.807) is 10.9 Å². The van der Waals surface area contributed by atoms with Crippen molar-refractivity contribution >= 4 is 17.7 Å². The number of pyridine rings is 1. The van der Waals surface area contributed by atoms with Gasteiger partial charge in [0.15, 0.2) is 0 Å². The number of carbonyl (C=O) groups excluding carboxylic acids is 1. The molecule has 2 heterocycles. The number of rotatable bonds is 6. The van der Waals surface area contributed by atoms with Gasteiger partial charge in [-0.3, -0.25) is 5.32 Å². The van der Waals surface area contributed by atoms with Gasteiger partial charge < -0.3 is 15.8 Å². The van der Waals surface area contributed by atoms with E-state index in [2.05, 4.69) is 48.5 Å². The van der Waals surface area contributed by atoms with Crippen LogP contribution in [-0.4, -0.2) is 20.8 Å². The second kappa shape index (κ2) is 10.9. The Bertz CT molecular complexity index is 1450. The third-order valence-electron chi connectivity index (χ3n) is 7.04. The van der Waals surface area contributed by atoms with Gasteiger partial charge in [-0.15, -0.1) is 0 Å². The lowest BCUT2D eigenvalue weighted by Crippen LogP contribution is -2.35. The first-order valence-corrected chi connectivity index (χ1v) is 13.3. The van der Waals surface area contributed by atoms with Crippen molar-refractivity contribution in [2.75, 3.05) is 11.1 Å². The molecule has 5 rings (SSSR count). The molecule has 2 amide bonds. The molecule has 8 heteroatoms. The zero-order chi connectivity index (χ0) is 27.6. The Morgan fingerprint density at radius 3 is 2.51 bits per heavy atom. The van der Waals surface area contributed by atoms with Gasteiger partial charge >= 0.3 is 6.03 Å². The first-order valence-electron chi connectivity index (χ1n) is 13.3. The number of carbonyl (C=O) groups is 1. The van der Waals surface area contributed by atoms with Crippen LogP contribution in [0.25, 0.3) is 5.69 Å². The van der Waals surface area contributed by atoms with E-state index in [1.165, 1.54) is 0 Å². The molecule has 0 radical (unpaired) electrons. The van der Waals surface area contributed by atoms with Crippen molar-refractivity contribution in [1.29, 1.82) is 0 Å². The van der Waals surface area contributed by atoms with Crippen molar-refractivity contribution in [3.63, 3.8) is 0 Å². The van der Waals surface area contributed by atoms with Gasteiger partial charge in [-0.05, 0) is 60.7 Å². The molecule has 2 atom stereocenters. The molecule has 0 spiro atoms. The monoisotopic (exact) mass is 524 g/mol. The van der Waals surface area contributed by atoms with Crippen LogP contribution >= 0.6 is 0 Å². The van der Waals surface area contributed by atoms with Gasteiger partial charge in [0.25, 0.3) is 0 Å². The fourth-order valence-electron chi connectivity index (χ4n) is 4.88. The molecule has 0 bridgehead atoms. The number of nitrogens with two attached hydrogens (primary N) is 1. The maximum Gasteiger partial charge on any atom is 0.320 e. The lowest BCUT2D eigenvalue weighted by Gasteiger charge is -2.32. The standard InChI is InChI=1S/C31H36N6O2/c1-20-9-11-22(12-10-20)37-29(18-27(36-37)31(2,3)4)35-30(38)34-25-13-14-26(24-8-6-5-7-23(24)25)39-19-21-15-16-33-28(32)17-21/h5-12,15-18,25-26H,13-14,19H2,1-4H3,(H2,32,33)(H2,34,35,38)/t25-,26-/m0/s1. The number of aryl methyl sites for hydroxylation is 1. The molecule has 8 nitrogen and oxygen atoms in total. The summed E-state index contributed by atoms with van der Waals surface area (Å²) in [6.45, 7) is 8.83. The third-order valence-corrected chi connectivity index (χ3v) is 7.04. The second-order valence-corrected chi connectivity index (χ2v) is 11.2. The molecule has 0 unspecified atom stereocenters. The first kappa shape index (κ1) is 26.4. The van der Waals surface area contributed by atoms with Gasteiger partial charge in [-0.1, -0.05) is 62.7 Å². The molecule has 2 aromatic carbocycles. The Labute approximate surface area is 229 Å². The van der Waals surface area contributed by atoms with Crippen LogP contribution in [0.15, 0.2) is 72.9 Å². The molecule has 0 fully saturated rings. The highest BCUT2D eigenvalue weighted by Crippen LogP contribution is 2.38. The quantitative estimate of drug-likeness (QED) is 0.272. The summed E-state index contributed by atoms with van der Waals surface area (Å²) >= 11 is 0. The van der Waals surface area contributed by atoms with Gasteiger partial charge in [0.1, 0.15) is 11.6 Å². The number of hydrogen-bond acceptors (Lipinski definition) is 5. The molecule has 1 aliphatic rings. The zero-order valence-corrected chi connectivity index (χ0v) is 22.9. The van der Waals surface area contributed by atoms with Gasteiger partial charge in [-0.25, -0.2) is 14.5 Å². The van der Waals surface area contributed by atoms with Crippen molar-refractivity contribution in [2.45, 2.75) is 64.7 Å². The molecule has 202 valence electrons. The van der Waals surface area contributed by atoms with Gasteiger partial charge in [0.2, 0.25) is 0 Å². The van der Waals surface area contributed by atoms with E-state index in [4.69, 9.17) is 15.6 Å². The minimum absolute atomic E-state index is 0.0611. The van der Waals surface area contributed by atoms with Crippen LogP contribution in [0.2, 0.25) is 0 Å². The molecule has 2 aromatic heterocycles. The zero-order valence-electron chi connectivity index (χ0n) is 22.9. The van der Waals surface area contributed by atoms with Crippen molar-refractivity contribution in [2.24, 2.45) is 0 Å². The van der Waals surface area contributed by atoms with Gasteiger partial charge in [-0.2, -0.15) is 5.10 Å². The van der Waals surface area contributed by atoms with Crippen LogP contribution < -0.4 is 16.4 Å². The Morgan fingerprint density at radius 2 is 1.79 bits per heavy atom. The average molecular weight is 525 g/mol. The highest BCUT2D eigenvalue weighted by molar-refractivity contribution is 5.89. The number of nitrogens with one attached hydrogen (secondary N) is 2. The SMILES string of the molecule is Cc1ccc(-n2nc(C(C)(C)C)cc2NC(=O)N[C@H]2CC[C@H](OCc3ccnc(N)c3)c3ccccc32)cc1. The Kier molecular flexibility index (Phi) is 7.39.